The number of imidazole rings is 1. The summed E-state index contributed by atoms with van der Waals surface area (Å²) in [5.41, 5.74) is 5.40. The molecule has 0 saturated heterocycles. The summed E-state index contributed by atoms with van der Waals surface area (Å²) in [6.45, 7) is 11.3. The van der Waals surface area contributed by atoms with E-state index >= 15 is 0 Å². The van der Waals surface area contributed by atoms with Crippen molar-refractivity contribution in [3.63, 3.8) is 0 Å². The number of hydrogen-bond donors (Lipinski definition) is 4. The number of allylic oxidation sites excluding steroid dienone is 8. The molecule has 8 nitrogen and oxygen atoms in total. The van der Waals surface area contributed by atoms with Crippen LogP contribution in [0.2, 0.25) is 0 Å². The summed E-state index contributed by atoms with van der Waals surface area (Å²) in [4.78, 5) is 18.0. The third-order valence-electron chi connectivity index (χ3n) is 6.81. The molecule has 0 aromatic carbocycles. The van der Waals surface area contributed by atoms with Gasteiger partial charge in [-0.2, -0.15) is 5.26 Å². The Balaban J connectivity index is 1.75. The summed E-state index contributed by atoms with van der Waals surface area (Å²) in [5.74, 6) is 1.86. The maximum atomic E-state index is 9.17. The second-order valence-corrected chi connectivity index (χ2v) is 9.64. The van der Waals surface area contributed by atoms with Gasteiger partial charge in [0.05, 0.1) is 24.2 Å². The van der Waals surface area contributed by atoms with Crippen LogP contribution in [0.5, 0.6) is 0 Å². The zero-order chi connectivity index (χ0) is 27.9. The quantitative estimate of drug-likeness (QED) is 0.132. The van der Waals surface area contributed by atoms with E-state index in [-0.39, 0.29) is 12.2 Å². The highest BCUT2D eigenvalue weighted by Gasteiger charge is 2.21. The summed E-state index contributed by atoms with van der Waals surface area (Å²) in [6.07, 6.45) is 20.9. The number of hydrogen-bond acceptors (Lipinski definition) is 7. The number of nitrogens with zero attached hydrogens (tertiary/aromatic N) is 4. The first-order chi connectivity index (χ1) is 19.1. The predicted octanol–water partition coefficient (Wildman–Crippen LogP) is 5.01. The van der Waals surface area contributed by atoms with Gasteiger partial charge in [0.15, 0.2) is 6.29 Å². The van der Waals surface area contributed by atoms with Gasteiger partial charge in [-0.1, -0.05) is 62.8 Å². The molecule has 0 spiro atoms. The molecule has 208 valence electrons. The van der Waals surface area contributed by atoms with Gasteiger partial charge < -0.3 is 10.3 Å². The number of nitrogens with one attached hydrogen (secondary N) is 4. The van der Waals surface area contributed by atoms with Crippen LogP contribution in [0.4, 0.5) is 0 Å². The van der Waals surface area contributed by atoms with Crippen LogP contribution in [-0.2, 0) is 6.42 Å². The molecule has 1 aliphatic heterocycles. The van der Waals surface area contributed by atoms with Crippen LogP contribution >= 0.6 is 0 Å². The minimum absolute atomic E-state index is 0.00483. The zero-order valence-corrected chi connectivity index (χ0v) is 23.9. The molecule has 2 heterocycles. The van der Waals surface area contributed by atoms with Gasteiger partial charge in [0.2, 0.25) is 0 Å². The maximum Gasteiger partial charge on any atom is 0.153 e. The van der Waals surface area contributed by atoms with E-state index in [0.29, 0.717) is 26.1 Å². The molecule has 2 unspecified atom stereocenters. The Hall–Kier alpha value is -3.54. The number of rotatable bonds is 12. The van der Waals surface area contributed by atoms with E-state index < -0.39 is 0 Å². The largest absolute Gasteiger partial charge is 0.372 e. The first kappa shape index (κ1) is 30.0. The van der Waals surface area contributed by atoms with Crippen LogP contribution < -0.4 is 16.0 Å². The lowest BCUT2D eigenvalue weighted by Crippen LogP contribution is -2.45. The molecule has 39 heavy (non-hydrogen) atoms. The van der Waals surface area contributed by atoms with E-state index in [1.54, 1.807) is 0 Å². The fourth-order valence-corrected chi connectivity index (χ4v) is 4.39. The van der Waals surface area contributed by atoms with Gasteiger partial charge in [-0.3, -0.25) is 20.6 Å². The second-order valence-electron chi connectivity index (χ2n) is 9.64. The second kappa shape index (κ2) is 16.4. The summed E-state index contributed by atoms with van der Waals surface area (Å²) < 4.78 is 0. The average molecular weight is 529 g/mol. The third kappa shape index (κ3) is 9.61. The minimum Gasteiger partial charge on any atom is -0.372 e. The maximum absolute atomic E-state index is 9.17. The van der Waals surface area contributed by atoms with E-state index in [1.165, 1.54) is 5.57 Å². The smallest absolute Gasteiger partial charge is 0.153 e. The lowest BCUT2D eigenvalue weighted by Gasteiger charge is -2.21. The molecule has 8 heteroatoms. The topological polar surface area (TPSA) is 113 Å². The summed E-state index contributed by atoms with van der Waals surface area (Å²) in [5, 5.41) is 19.7. The molecule has 1 aromatic rings. The predicted molar refractivity (Wildman–Crippen MR) is 162 cm³/mol. The monoisotopic (exact) mass is 528 g/mol. The van der Waals surface area contributed by atoms with Gasteiger partial charge in [0.25, 0.3) is 0 Å². The number of H-pyrrole nitrogens is 1. The SMILES string of the molecule is CCNC(N=C(C1=CC=C(CC)CC=C1)C(C)c1ncc(CC)[nH]1)NCCNC1=NC/C=C(/C#N)C/C=C\C1. The lowest BCUT2D eigenvalue weighted by atomic mass is 9.96. The Bertz CT molecular complexity index is 1190. The fourth-order valence-electron chi connectivity index (χ4n) is 4.39. The summed E-state index contributed by atoms with van der Waals surface area (Å²) in [6, 6.07) is 2.23. The molecule has 0 bridgehead atoms. The lowest BCUT2D eigenvalue weighted by molar-refractivity contribution is 0.450. The highest BCUT2D eigenvalue weighted by atomic mass is 15.3. The Labute approximate surface area is 233 Å². The molecule has 0 fully saturated rings. The molecular weight excluding hydrogens is 484 g/mol. The Morgan fingerprint density at radius 1 is 1.08 bits per heavy atom. The highest BCUT2D eigenvalue weighted by molar-refractivity contribution is 6.06. The number of nitriles is 1. The minimum atomic E-state index is -0.245. The van der Waals surface area contributed by atoms with Crippen LogP contribution in [0.3, 0.4) is 0 Å². The number of amidine groups is 1. The van der Waals surface area contributed by atoms with Crippen molar-refractivity contribution in [2.24, 2.45) is 9.98 Å². The molecule has 2 atom stereocenters. The molecule has 1 aliphatic carbocycles. The zero-order valence-electron chi connectivity index (χ0n) is 23.9. The molecule has 0 radical (unpaired) electrons. The summed E-state index contributed by atoms with van der Waals surface area (Å²) >= 11 is 0. The molecule has 0 saturated carbocycles. The van der Waals surface area contributed by atoms with Gasteiger partial charge in [0, 0.05) is 43.4 Å². The highest BCUT2D eigenvalue weighted by Crippen LogP contribution is 2.23. The van der Waals surface area contributed by atoms with Gasteiger partial charge in [-0.05, 0) is 44.4 Å². The third-order valence-corrected chi connectivity index (χ3v) is 6.81. The first-order valence-electron chi connectivity index (χ1n) is 14.2. The van der Waals surface area contributed by atoms with E-state index in [0.717, 1.165) is 66.4 Å². The molecule has 3 rings (SSSR count). The molecule has 1 aromatic heterocycles. The van der Waals surface area contributed by atoms with Gasteiger partial charge in [0.1, 0.15) is 11.7 Å². The van der Waals surface area contributed by atoms with Crippen molar-refractivity contribution in [2.75, 3.05) is 26.2 Å². The van der Waals surface area contributed by atoms with E-state index in [1.807, 2.05) is 18.3 Å². The molecule has 4 N–H and O–H groups in total. The van der Waals surface area contributed by atoms with Crippen LogP contribution in [0.25, 0.3) is 0 Å². The molecular formula is C31H44N8. The number of aromatic amines is 1. The van der Waals surface area contributed by atoms with Crippen molar-refractivity contribution in [2.45, 2.75) is 72.0 Å². The summed E-state index contributed by atoms with van der Waals surface area (Å²) in [7, 11) is 0. The van der Waals surface area contributed by atoms with Crippen LogP contribution in [0, 0.1) is 11.3 Å². The Morgan fingerprint density at radius 2 is 1.92 bits per heavy atom. The molecule has 2 aliphatic rings. The Kier molecular flexibility index (Phi) is 12.6. The number of aromatic nitrogens is 2. The van der Waals surface area contributed by atoms with Crippen molar-refractivity contribution in [1.29, 1.82) is 5.26 Å². The van der Waals surface area contributed by atoms with E-state index in [9.17, 15) is 5.26 Å². The average Bonchev–Trinajstić information content (AvgIpc) is 3.36. The van der Waals surface area contributed by atoms with Crippen molar-refractivity contribution < 1.29 is 0 Å². The van der Waals surface area contributed by atoms with Crippen LogP contribution in [0.1, 0.15) is 70.8 Å². The molecule has 0 amide bonds. The van der Waals surface area contributed by atoms with Gasteiger partial charge in [-0.15, -0.1) is 0 Å². The number of aliphatic imine (C=N–C) groups is 2. The standard InChI is InChI=1S/C31H44N8/c1-5-24-12-10-13-26(16-15-24)29(23(4)30-37-22-27(6-2)38-30)39-31(33-7-3)36-20-19-35-28-14-9-8-11-25(21-32)17-18-34-28/h8-10,13,15-17,22-23,31,33,36H,5-7,11-12,14,18-20H2,1-4H3,(H,34,35)(H,37,38)/b9-8-,25-17+,39-29?. The van der Waals surface area contributed by atoms with Gasteiger partial charge in [-0.25, -0.2) is 4.98 Å². The first-order valence-corrected chi connectivity index (χ1v) is 14.2. The van der Waals surface area contributed by atoms with Crippen LogP contribution in [0.15, 0.2) is 75.4 Å². The van der Waals surface area contributed by atoms with E-state index in [4.69, 9.17) is 4.99 Å². The van der Waals surface area contributed by atoms with Crippen molar-refractivity contribution in [1.82, 2.24) is 25.9 Å². The van der Waals surface area contributed by atoms with Gasteiger partial charge >= 0.3 is 0 Å². The Morgan fingerprint density at radius 3 is 2.67 bits per heavy atom. The van der Waals surface area contributed by atoms with Crippen molar-refractivity contribution in [3.05, 3.63) is 77.0 Å². The number of aryl methyl sites for hydroxylation is 1. The normalized spacial score (nSPS) is 20.0. The van der Waals surface area contributed by atoms with Crippen LogP contribution in [-0.4, -0.2) is 54.0 Å². The van der Waals surface area contributed by atoms with E-state index in [2.05, 4.69) is 95.1 Å². The van der Waals surface area contributed by atoms with Crippen molar-refractivity contribution in [3.8, 4) is 6.07 Å². The van der Waals surface area contributed by atoms with Crippen molar-refractivity contribution >= 4 is 11.5 Å². The fraction of sp³-hybridized carbons (Fsp3) is 0.484.